The summed E-state index contributed by atoms with van der Waals surface area (Å²) < 4.78 is 44.1. The number of hydrogen-bond donors (Lipinski definition) is 1. The van der Waals surface area contributed by atoms with Gasteiger partial charge in [-0.3, -0.25) is 14.8 Å². The standard InChI is InChI=1S/C13H16F3N5OS/c1-5-21-6-7(8(19-21)13(14,15)16)9(22)17-11-18-10(20-23-11)12(2,3)4/h6H,5H2,1-4H3,(H,17,18,20,22). The molecule has 1 amide bonds. The van der Waals surface area contributed by atoms with Crippen LogP contribution in [0.25, 0.3) is 0 Å². The topological polar surface area (TPSA) is 72.7 Å². The molecule has 2 heterocycles. The zero-order valence-corrected chi connectivity index (χ0v) is 13.8. The summed E-state index contributed by atoms with van der Waals surface area (Å²) in [5, 5.41) is 5.91. The van der Waals surface area contributed by atoms with E-state index in [2.05, 4.69) is 19.8 Å². The van der Waals surface area contributed by atoms with Crippen LogP contribution in [0, 0.1) is 0 Å². The molecule has 0 aromatic carbocycles. The third-order valence-corrected chi connectivity index (χ3v) is 3.55. The van der Waals surface area contributed by atoms with Crippen molar-refractivity contribution in [2.45, 2.75) is 45.8 Å². The van der Waals surface area contributed by atoms with Crippen LogP contribution < -0.4 is 5.32 Å². The van der Waals surface area contributed by atoms with E-state index in [-0.39, 0.29) is 17.1 Å². The maximum Gasteiger partial charge on any atom is 0.435 e. The molecule has 0 radical (unpaired) electrons. The van der Waals surface area contributed by atoms with Crippen LogP contribution in [0.2, 0.25) is 0 Å². The van der Waals surface area contributed by atoms with Gasteiger partial charge in [-0.25, -0.2) is 4.98 Å². The minimum absolute atomic E-state index is 0.150. The third kappa shape index (κ3) is 3.87. The molecule has 10 heteroatoms. The minimum atomic E-state index is -4.70. The Morgan fingerprint density at radius 3 is 2.48 bits per heavy atom. The molecule has 0 aliphatic rings. The van der Waals surface area contributed by atoms with Crippen molar-refractivity contribution >= 4 is 22.6 Å². The summed E-state index contributed by atoms with van der Waals surface area (Å²) in [6, 6.07) is 0. The molecule has 0 atom stereocenters. The van der Waals surface area contributed by atoms with Crippen molar-refractivity contribution in [3.05, 3.63) is 23.3 Å². The Morgan fingerprint density at radius 1 is 1.35 bits per heavy atom. The summed E-state index contributed by atoms with van der Waals surface area (Å²) in [7, 11) is 0. The molecule has 0 bridgehead atoms. The van der Waals surface area contributed by atoms with E-state index in [9.17, 15) is 18.0 Å². The Morgan fingerprint density at radius 2 is 2.00 bits per heavy atom. The van der Waals surface area contributed by atoms with E-state index in [1.807, 2.05) is 20.8 Å². The average molecular weight is 347 g/mol. The molecular formula is C13H16F3N5OS. The first-order chi connectivity index (χ1) is 10.5. The second-order valence-corrected chi connectivity index (χ2v) is 6.62. The number of nitrogens with zero attached hydrogens (tertiary/aromatic N) is 4. The van der Waals surface area contributed by atoms with Gasteiger partial charge in [0, 0.05) is 29.7 Å². The molecule has 2 aromatic rings. The largest absolute Gasteiger partial charge is 0.435 e. The fourth-order valence-electron chi connectivity index (χ4n) is 1.70. The molecule has 0 spiro atoms. The lowest BCUT2D eigenvalue weighted by molar-refractivity contribution is -0.141. The minimum Gasteiger partial charge on any atom is -0.296 e. The Bertz CT molecular complexity index is 714. The Balaban J connectivity index is 2.27. The van der Waals surface area contributed by atoms with E-state index in [1.54, 1.807) is 6.92 Å². The highest BCUT2D eigenvalue weighted by Gasteiger charge is 2.39. The van der Waals surface area contributed by atoms with Crippen LogP contribution in [-0.2, 0) is 18.1 Å². The zero-order chi connectivity index (χ0) is 17.4. The van der Waals surface area contributed by atoms with Gasteiger partial charge in [0.1, 0.15) is 5.82 Å². The van der Waals surface area contributed by atoms with Crippen LogP contribution in [0.3, 0.4) is 0 Å². The van der Waals surface area contributed by atoms with E-state index >= 15 is 0 Å². The average Bonchev–Trinajstić information content (AvgIpc) is 3.02. The predicted molar refractivity (Wildman–Crippen MR) is 79.5 cm³/mol. The van der Waals surface area contributed by atoms with Gasteiger partial charge < -0.3 is 0 Å². The van der Waals surface area contributed by atoms with E-state index < -0.39 is 23.3 Å². The van der Waals surface area contributed by atoms with Gasteiger partial charge >= 0.3 is 6.18 Å². The SMILES string of the molecule is CCn1cc(C(=O)Nc2nc(C(C)(C)C)ns2)c(C(F)(F)F)n1. The Kier molecular flexibility index (Phi) is 4.47. The maximum absolute atomic E-state index is 13.0. The lowest BCUT2D eigenvalue weighted by Gasteiger charge is -2.12. The molecule has 23 heavy (non-hydrogen) atoms. The number of aryl methyl sites for hydroxylation is 1. The maximum atomic E-state index is 13.0. The van der Waals surface area contributed by atoms with Crippen molar-refractivity contribution in [1.29, 1.82) is 0 Å². The van der Waals surface area contributed by atoms with E-state index in [0.717, 1.165) is 22.4 Å². The van der Waals surface area contributed by atoms with Crippen molar-refractivity contribution in [3.8, 4) is 0 Å². The molecule has 1 N–H and O–H groups in total. The van der Waals surface area contributed by atoms with E-state index in [4.69, 9.17) is 0 Å². The van der Waals surface area contributed by atoms with Gasteiger partial charge in [0.05, 0.1) is 5.56 Å². The summed E-state index contributed by atoms with van der Waals surface area (Å²) in [5.41, 5.74) is -2.06. The molecule has 126 valence electrons. The molecular weight excluding hydrogens is 331 g/mol. The first-order valence-corrected chi connectivity index (χ1v) is 7.60. The highest BCUT2D eigenvalue weighted by atomic mass is 32.1. The smallest absolute Gasteiger partial charge is 0.296 e. The van der Waals surface area contributed by atoms with Gasteiger partial charge in [0.2, 0.25) is 5.13 Å². The number of carbonyl (C=O) groups excluding carboxylic acids is 1. The quantitative estimate of drug-likeness (QED) is 0.924. The van der Waals surface area contributed by atoms with Gasteiger partial charge in [0.25, 0.3) is 5.91 Å². The van der Waals surface area contributed by atoms with Crippen molar-refractivity contribution in [2.24, 2.45) is 0 Å². The second kappa shape index (κ2) is 5.91. The summed E-state index contributed by atoms with van der Waals surface area (Å²) >= 11 is 0.924. The summed E-state index contributed by atoms with van der Waals surface area (Å²) in [5.74, 6) is -0.397. The lowest BCUT2D eigenvalue weighted by Crippen LogP contribution is -2.18. The number of hydrogen-bond acceptors (Lipinski definition) is 5. The molecule has 2 rings (SSSR count). The molecule has 6 nitrogen and oxygen atoms in total. The normalized spacial score (nSPS) is 12.5. The molecule has 0 aliphatic heterocycles. The second-order valence-electron chi connectivity index (χ2n) is 5.87. The number of amides is 1. The van der Waals surface area contributed by atoms with Crippen molar-refractivity contribution in [1.82, 2.24) is 19.1 Å². The number of halogens is 3. The van der Waals surface area contributed by atoms with Crippen LogP contribution in [0.1, 0.15) is 49.6 Å². The molecule has 0 unspecified atom stereocenters. The van der Waals surface area contributed by atoms with Gasteiger partial charge in [-0.1, -0.05) is 20.8 Å². The molecule has 0 saturated carbocycles. The third-order valence-electron chi connectivity index (χ3n) is 2.92. The predicted octanol–water partition coefficient (Wildman–Crippen LogP) is 3.32. The van der Waals surface area contributed by atoms with E-state index in [1.165, 1.54) is 0 Å². The van der Waals surface area contributed by atoms with Crippen LogP contribution in [-0.4, -0.2) is 25.0 Å². The Labute approximate surface area is 134 Å². The fourth-order valence-corrected chi connectivity index (χ4v) is 2.46. The molecule has 2 aromatic heterocycles. The number of nitrogens with one attached hydrogen (secondary N) is 1. The van der Waals surface area contributed by atoms with Gasteiger partial charge in [-0.2, -0.15) is 22.6 Å². The Hall–Kier alpha value is -1.97. The van der Waals surface area contributed by atoms with Gasteiger partial charge in [0.15, 0.2) is 5.69 Å². The number of alkyl halides is 3. The first kappa shape index (κ1) is 17.4. The van der Waals surface area contributed by atoms with Crippen LogP contribution in [0.4, 0.5) is 18.3 Å². The number of carbonyl (C=O) groups is 1. The van der Waals surface area contributed by atoms with Gasteiger partial charge in [-0.05, 0) is 6.92 Å². The van der Waals surface area contributed by atoms with Gasteiger partial charge in [-0.15, -0.1) is 0 Å². The van der Waals surface area contributed by atoms with Crippen LogP contribution in [0.15, 0.2) is 6.20 Å². The lowest BCUT2D eigenvalue weighted by atomic mass is 9.96. The summed E-state index contributed by atoms with van der Waals surface area (Å²) in [6.07, 6.45) is -3.63. The van der Waals surface area contributed by atoms with Crippen LogP contribution >= 0.6 is 11.5 Å². The molecule has 0 fully saturated rings. The highest BCUT2D eigenvalue weighted by molar-refractivity contribution is 7.09. The van der Waals surface area contributed by atoms with E-state index in [0.29, 0.717) is 5.82 Å². The highest BCUT2D eigenvalue weighted by Crippen LogP contribution is 2.31. The molecule has 0 saturated heterocycles. The fraction of sp³-hybridized carbons (Fsp3) is 0.538. The number of anilines is 1. The molecule has 0 aliphatic carbocycles. The summed E-state index contributed by atoms with van der Waals surface area (Å²) in [4.78, 5) is 16.3. The van der Waals surface area contributed by atoms with Crippen molar-refractivity contribution < 1.29 is 18.0 Å². The van der Waals surface area contributed by atoms with Crippen molar-refractivity contribution in [2.75, 3.05) is 5.32 Å². The number of rotatable bonds is 3. The number of aromatic nitrogens is 4. The van der Waals surface area contributed by atoms with Crippen molar-refractivity contribution in [3.63, 3.8) is 0 Å². The van der Waals surface area contributed by atoms with Crippen LogP contribution in [0.5, 0.6) is 0 Å². The zero-order valence-electron chi connectivity index (χ0n) is 13.0. The summed E-state index contributed by atoms with van der Waals surface area (Å²) in [6.45, 7) is 7.55. The first-order valence-electron chi connectivity index (χ1n) is 6.82. The monoisotopic (exact) mass is 347 g/mol.